The molecule has 14 heavy (non-hydrogen) atoms. The van der Waals surface area contributed by atoms with Crippen molar-refractivity contribution in [2.24, 2.45) is 0 Å². The molecule has 1 heterocycles. The van der Waals surface area contributed by atoms with Gasteiger partial charge in [0, 0.05) is 19.0 Å². The predicted molar refractivity (Wildman–Crippen MR) is 51.9 cm³/mol. The summed E-state index contributed by atoms with van der Waals surface area (Å²) < 4.78 is 4.94. The van der Waals surface area contributed by atoms with E-state index in [0.29, 0.717) is 18.1 Å². The van der Waals surface area contributed by atoms with Crippen molar-refractivity contribution in [3.8, 4) is 0 Å². The van der Waals surface area contributed by atoms with Crippen molar-refractivity contribution < 1.29 is 9.63 Å². The van der Waals surface area contributed by atoms with Crippen LogP contribution in [0.15, 0.2) is 4.52 Å². The van der Waals surface area contributed by atoms with Gasteiger partial charge in [-0.3, -0.25) is 0 Å². The summed E-state index contributed by atoms with van der Waals surface area (Å²) in [6, 6.07) is 0.0824. The molecule has 5 heteroatoms. The van der Waals surface area contributed by atoms with Gasteiger partial charge in [0.25, 0.3) is 0 Å². The maximum Gasteiger partial charge on any atom is 0.227 e. The number of aliphatic hydroxyl groups is 1. The summed E-state index contributed by atoms with van der Waals surface area (Å²) in [6.45, 7) is 6.21. The highest BCUT2D eigenvalue weighted by molar-refractivity contribution is 4.83. The maximum atomic E-state index is 9.21. The molecular weight excluding hydrogens is 182 g/mol. The minimum absolute atomic E-state index is 0.0824. The van der Waals surface area contributed by atoms with Gasteiger partial charge in [-0.2, -0.15) is 4.98 Å². The number of hydrogen-bond donors (Lipinski definition) is 2. The first-order valence-electron chi connectivity index (χ1n) is 4.80. The van der Waals surface area contributed by atoms with Crippen molar-refractivity contribution >= 4 is 0 Å². The van der Waals surface area contributed by atoms with Crippen LogP contribution in [0.2, 0.25) is 0 Å². The van der Waals surface area contributed by atoms with E-state index in [4.69, 9.17) is 4.52 Å². The average molecular weight is 199 g/mol. The number of aliphatic hydroxyl groups excluding tert-OH is 1. The lowest BCUT2D eigenvalue weighted by atomic mass is 10.2. The van der Waals surface area contributed by atoms with Crippen LogP contribution in [-0.2, 0) is 6.42 Å². The lowest BCUT2D eigenvalue weighted by Gasteiger charge is -2.15. The number of aromatic nitrogens is 2. The molecule has 0 saturated heterocycles. The fraction of sp³-hybridized carbons (Fsp3) is 0.778. The van der Waals surface area contributed by atoms with Crippen LogP contribution >= 0.6 is 0 Å². The molecule has 1 aromatic heterocycles. The van der Waals surface area contributed by atoms with Gasteiger partial charge >= 0.3 is 0 Å². The highest BCUT2D eigenvalue weighted by Gasteiger charge is 2.08. The van der Waals surface area contributed by atoms with Crippen molar-refractivity contribution in [3.63, 3.8) is 0 Å². The normalized spacial score (nSPS) is 15.4. The molecule has 0 aliphatic rings. The molecule has 0 bridgehead atoms. The summed E-state index contributed by atoms with van der Waals surface area (Å²) >= 11 is 0. The van der Waals surface area contributed by atoms with Gasteiger partial charge in [0.1, 0.15) is 0 Å². The van der Waals surface area contributed by atoms with Gasteiger partial charge in [-0.1, -0.05) is 5.16 Å². The Morgan fingerprint density at radius 2 is 2.21 bits per heavy atom. The molecule has 1 aromatic rings. The van der Waals surface area contributed by atoms with E-state index in [1.165, 1.54) is 0 Å². The lowest BCUT2D eigenvalue weighted by Crippen LogP contribution is -2.36. The van der Waals surface area contributed by atoms with E-state index in [1.54, 1.807) is 13.8 Å². The first-order chi connectivity index (χ1) is 6.59. The molecule has 0 aliphatic heterocycles. The Labute approximate surface area is 83.5 Å². The number of nitrogens with zero attached hydrogens (tertiary/aromatic N) is 2. The van der Waals surface area contributed by atoms with E-state index in [1.807, 2.05) is 6.92 Å². The highest BCUT2D eigenvalue weighted by atomic mass is 16.5. The van der Waals surface area contributed by atoms with Gasteiger partial charge in [-0.25, -0.2) is 0 Å². The monoisotopic (exact) mass is 199 g/mol. The molecule has 80 valence electrons. The van der Waals surface area contributed by atoms with Crippen LogP contribution in [0.1, 0.15) is 25.6 Å². The third-order valence-corrected chi connectivity index (χ3v) is 2.10. The Morgan fingerprint density at radius 3 is 2.71 bits per heavy atom. The zero-order valence-corrected chi connectivity index (χ0v) is 8.82. The summed E-state index contributed by atoms with van der Waals surface area (Å²) in [5.74, 6) is 1.29. The largest absolute Gasteiger partial charge is 0.392 e. The molecule has 0 aliphatic carbocycles. The van der Waals surface area contributed by atoms with Gasteiger partial charge in [-0.15, -0.1) is 0 Å². The molecule has 0 aromatic carbocycles. The lowest BCUT2D eigenvalue weighted by molar-refractivity contribution is 0.153. The summed E-state index contributed by atoms with van der Waals surface area (Å²) in [5, 5.41) is 16.1. The Balaban J connectivity index is 2.22. The fourth-order valence-corrected chi connectivity index (χ4v) is 1.02. The van der Waals surface area contributed by atoms with Gasteiger partial charge in [-0.05, 0) is 20.8 Å². The van der Waals surface area contributed by atoms with Crippen molar-refractivity contribution in [2.75, 3.05) is 6.54 Å². The van der Waals surface area contributed by atoms with Crippen LogP contribution in [0.4, 0.5) is 0 Å². The summed E-state index contributed by atoms with van der Waals surface area (Å²) in [7, 11) is 0. The smallest absolute Gasteiger partial charge is 0.227 e. The van der Waals surface area contributed by atoms with Crippen LogP contribution in [0, 0.1) is 6.92 Å². The van der Waals surface area contributed by atoms with Crippen LogP contribution in [0.3, 0.4) is 0 Å². The van der Waals surface area contributed by atoms with Crippen LogP contribution in [0.25, 0.3) is 0 Å². The van der Waals surface area contributed by atoms with Crippen LogP contribution in [0.5, 0.6) is 0 Å². The Morgan fingerprint density at radius 1 is 1.50 bits per heavy atom. The zero-order valence-electron chi connectivity index (χ0n) is 8.82. The summed E-state index contributed by atoms with van der Waals surface area (Å²) in [6.07, 6.45) is 0.345. The molecule has 1 rings (SSSR count). The average Bonchev–Trinajstić information content (AvgIpc) is 2.51. The minimum atomic E-state index is -0.348. The first-order valence-corrected chi connectivity index (χ1v) is 4.80. The summed E-state index contributed by atoms with van der Waals surface area (Å²) in [5.41, 5.74) is 0. The number of rotatable bonds is 5. The van der Waals surface area contributed by atoms with Gasteiger partial charge in [0.15, 0.2) is 5.82 Å². The van der Waals surface area contributed by atoms with Crippen molar-refractivity contribution in [2.45, 2.75) is 39.3 Å². The quantitative estimate of drug-likeness (QED) is 0.712. The Kier molecular flexibility index (Phi) is 4.03. The molecular formula is C9H17N3O2. The number of hydrogen-bond acceptors (Lipinski definition) is 5. The molecule has 2 atom stereocenters. The van der Waals surface area contributed by atoms with Gasteiger partial charge in [0.2, 0.25) is 5.89 Å². The van der Waals surface area contributed by atoms with Crippen molar-refractivity contribution in [1.82, 2.24) is 15.5 Å². The zero-order chi connectivity index (χ0) is 10.6. The SMILES string of the molecule is Cc1noc(CCNC(C)C(C)O)n1. The van der Waals surface area contributed by atoms with E-state index in [9.17, 15) is 5.11 Å². The Hall–Kier alpha value is -0.940. The van der Waals surface area contributed by atoms with Gasteiger partial charge < -0.3 is 14.9 Å². The standard InChI is InChI=1S/C9H17N3O2/c1-6(7(2)13)10-5-4-9-11-8(3)12-14-9/h6-7,10,13H,4-5H2,1-3H3. The maximum absolute atomic E-state index is 9.21. The van der Waals surface area contributed by atoms with E-state index < -0.39 is 0 Å². The van der Waals surface area contributed by atoms with E-state index in [0.717, 1.165) is 6.54 Å². The molecule has 0 radical (unpaired) electrons. The molecule has 0 amide bonds. The van der Waals surface area contributed by atoms with Crippen LogP contribution in [-0.4, -0.2) is 33.9 Å². The van der Waals surface area contributed by atoms with Crippen LogP contribution < -0.4 is 5.32 Å². The molecule has 0 spiro atoms. The molecule has 5 nitrogen and oxygen atoms in total. The minimum Gasteiger partial charge on any atom is -0.392 e. The topological polar surface area (TPSA) is 71.2 Å². The van der Waals surface area contributed by atoms with E-state index in [2.05, 4.69) is 15.5 Å². The summed E-state index contributed by atoms with van der Waals surface area (Å²) in [4.78, 5) is 4.07. The third-order valence-electron chi connectivity index (χ3n) is 2.10. The molecule has 0 fully saturated rings. The number of aryl methyl sites for hydroxylation is 1. The molecule has 0 saturated carbocycles. The number of nitrogens with one attached hydrogen (secondary N) is 1. The van der Waals surface area contributed by atoms with Crippen molar-refractivity contribution in [1.29, 1.82) is 0 Å². The van der Waals surface area contributed by atoms with Crippen molar-refractivity contribution in [3.05, 3.63) is 11.7 Å². The second-order valence-electron chi connectivity index (χ2n) is 3.47. The van der Waals surface area contributed by atoms with Gasteiger partial charge in [0.05, 0.1) is 6.10 Å². The molecule has 2 N–H and O–H groups in total. The van der Waals surface area contributed by atoms with E-state index in [-0.39, 0.29) is 12.1 Å². The highest BCUT2D eigenvalue weighted by Crippen LogP contribution is 1.97. The second kappa shape index (κ2) is 5.07. The first kappa shape index (κ1) is 11.1. The fourth-order valence-electron chi connectivity index (χ4n) is 1.02. The predicted octanol–water partition coefficient (Wildman–Crippen LogP) is 0.279. The molecule has 2 unspecified atom stereocenters. The Bertz CT molecular complexity index is 273. The second-order valence-corrected chi connectivity index (χ2v) is 3.47. The third kappa shape index (κ3) is 3.43. The van der Waals surface area contributed by atoms with E-state index >= 15 is 0 Å².